The minimum atomic E-state index is -1.95. The van der Waals surface area contributed by atoms with E-state index in [1.165, 1.54) is 54.6 Å². The monoisotopic (exact) mass is 1400 g/mol. The molecule has 0 radical (unpaired) electrons. The average Bonchev–Trinajstić information content (AvgIpc) is 1.04. The highest BCUT2D eigenvalue weighted by Gasteiger charge is 2.48. The van der Waals surface area contributed by atoms with Crippen LogP contribution in [0.5, 0.6) is 0 Å². The van der Waals surface area contributed by atoms with Crippen LogP contribution < -0.4 is 10.8 Å². The molecule has 8 rings (SSSR count). The Morgan fingerprint density at radius 1 is 0.588 bits per heavy atom. The van der Waals surface area contributed by atoms with E-state index in [4.69, 9.17) is 14.8 Å². The number of aromatic nitrogens is 2. The predicted molar refractivity (Wildman–Crippen MR) is 396 cm³/mol. The second kappa shape index (κ2) is 35.9. The molecule has 4 heterocycles. The van der Waals surface area contributed by atoms with E-state index in [1.807, 2.05) is 146 Å². The van der Waals surface area contributed by atoms with Gasteiger partial charge in [-0.3, -0.25) is 48.3 Å². The van der Waals surface area contributed by atoms with Gasteiger partial charge in [0.05, 0.1) is 28.7 Å². The molecule has 6 amide bonds. The molecule has 4 N–H and O–H groups in total. The molecule has 4 aromatic carbocycles. The minimum absolute atomic E-state index is 0.00612. The molecule has 6 aromatic rings. The normalized spacial score (nSPS) is 23.2. The zero-order valence-corrected chi connectivity index (χ0v) is 62.4. The molecule has 0 aliphatic carbocycles. The lowest BCUT2D eigenvalue weighted by Crippen LogP contribution is -2.61. The molecule has 11 atom stereocenters. The first kappa shape index (κ1) is 80.6. The number of benzene rings is 4. The molecule has 2 fully saturated rings. The number of Topliss-reactive ketones (excluding diaryl/α,β-unsaturated/α-hetero) is 2. The number of esters is 1. The molecule has 0 saturated carbocycles. The third-order valence-corrected chi connectivity index (χ3v) is 20.4. The second-order valence-corrected chi connectivity index (χ2v) is 29.7. The molecule has 548 valence electrons. The fourth-order valence-electron chi connectivity index (χ4n) is 14.5. The fourth-order valence-corrected chi connectivity index (χ4v) is 14.5. The van der Waals surface area contributed by atoms with Crippen LogP contribution in [0.1, 0.15) is 139 Å². The molecule has 2 aliphatic rings. The van der Waals surface area contributed by atoms with Crippen LogP contribution in [0.25, 0.3) is 32.9 Å². The summed E-state index contributed by atoms with van der Waals surface area (Å²) in [6.45, 7) is 21.1. The summed E-state index contributed by atoms with van der Waals surface area (Å²) in [5.41, 5.74) is 3.38. The number of hydrogen-bond donors (Lipinski definition) is 4. The van der Waals surface area contributed by atoms with E-state index in [-0.39, 0.29) is 56.3 Å². The number of ether oxygens (including phenoxy) is 1. The van der Waals surface area contributed by atoms with Crippen LogP contribution in [-0.4, -0.2) is 192 Å². The van der Waals surface area contributed by atoms with E-state index >= 15 is 28.8 Å². The number of rotatable bonds is 15. The van der Waals surface area contributed by atoms with E-state index in [0.717, 1.165) is 37.8 Å². The van der Waals surface area contributed by atoms with E-state index in [1.54, 1.807) is 58.4 Å². The van der Waals surface area contributed by atoms with E-state index in [9.17, 15) is 19.5 Å². The summed E-state index contributed by atoms with van der Waals surface area (Å²) in [7, 11) is 4.44. The summed E-state index contributed by atoms with van der Waals surface area (Å²) in [6.07, 6.45) is 3.17. The Labute approximate surface area is 602 Å². The summed E-state index contributed by atoms with van der Waals surface area (Å²) in [5.74, 6) is -9.51. The standard InChI is InChI=1S/C71H99N7O11.C9H8BNO2/c1-17-45(9)53-41-58(79)56-30-24-34-78(56)68(85)57(38-48-27-22-28-49(36-48)50-31-32-54-51(39-50)29-23-33-72-54)74(13)67(84)55(37-47-25-20-19-21-26-47)73-64(81)61(44(7)8)76(15)69(86)62(46(10)18-2)89-70(87)63(71(11,12)88)77(16)65(82)52(35-42(3)4)40-59(80)60(43(5)6)75(14)66(53)83;12-10(13)8-3-4-9-7(6-8)2-1-5-11-9/h19-23,25-29,31-33,36,39,42-46,52-53,55-57,60-63,88H,17-18,24,30,34-35,37-38,40-41H2,1-16H3,(H,73,81);1-6,12-13H/t45?,46?,52?,53-,55-,56-,57-,60-,61-,62+,63+;/m0./s1. The van der Waals surface area contributed by atoms with Gasteiger partial charge in [-0.1, -0.05) is 161 Å². The number of hydrogen-bond acceptors (Lipinski definition) is 15. The molecule has 2 aliphatic heterocycles. The number of fused-ring (bicyclic) bond motifs is 3. The number of amides is 6. The summed E-state index contributed by atoms with van der Waals surface area (Å²) in [5, 5.41) is 34.5. The van der Waals surface area contributed by atoms with Crippen molar-refractivity contribution in [3.63, 3.8) is 0 Å². The van der Waals surface area contributed by atoms with Crippen LogP contribution in [0.4, 0.5) is 0 Å². The Morgan fingerprint density at radius 2 is 1.18 bits per heavy atom. The summed E-state index contributed by atoms with van der Waals surface area (Å²) in [6, 6.07) is 28.0. The molecule has 2 aromatic heterocycles. The number of nitrogens with zero attached hydrogens (tertiary/aromatic N) is 7. The van der Waals surface area contributed by atoms with Gasteiger partial charge >= 0.3 is 13.1 Å². The van der Waals surface area contributed by atoms with Gasteiger partial charge in [0.1, 0.15) is 18.1 Å². The van der Waals surface area contributed by atoms with Gasteiger partial charge in [0.25, 0.3) is 5.91 Å². The second-order valence-electron chi connectivity index (χ2n) is 29.7. The Bertz CT molecular complexity index is 3920. The third kappa shape index (κ3) is 19.9. The van der Waals surface area contributed by atoms with Gasteiger partial charge in [-0.2, -0.15) is 0 Å². The van der Waals surface area contributed by atoms with Crippen molar-refractivity contribution >= 4 is 87.4 Å². The Hall–Kier alpha value is -8.73. The van der Waals surface area contributed by atoms with E-state index < -0.39 is 132 Å². The molecule has 0 spiro atoms. The maximum atomic E-state index is 15.8. The highest BCUT2D eigenvalue weighted by Crippen LogP contribution is 2.33. The Balaban J connectivity index is 0.000000997. The van der Waals surface area contributed by atoms with Crippen LogP contribution in [-0.2, 0) is 60.7 Å². The molecule has 102 heavy (non-hydrogen) atoms. The fraction of sp³-hybridized carbons (Fsp3) is 0.512. The summed E-state index contributed by atoms with van der Waals surface area (Å²) < 4.78 is 6.17. The number of nitrogens with one attached hydrogen (secondary N) is 1. The van der Waals surface area contributed by atoms with Crippen molar-refractivity contribution in [2.24, 2.45) is 41.4 Å². The Kier molecular flexibility index (Phi) is 28.4. The summed E-state index contributed by atoms with van der Waals surface area (Å²) >= 11 is 0. The lowest BCUT2D eigenvalue weighted by atomic mass is 9.80. The minimum Gasteiger partial charge on any atom is -0.450 e. The molecule has 3 unspecified atom stereocenters. The van der Waals surface area contributed by atoms with Crippen molar-refractivity contribution in [3.8, 4) is 11.1 Å². The SMILES string of the molecule is CCC(C)[C@@H]1CC(=O)[C@@H]2CCCN2C(=O)[C@H](Cc2cccc(-c3ccc4ncccc4c3)c2)N(C)C(=O)[C@H](Cc2ccccc2)NC(=O)[C@H](C(C)C)N(C)C(=O)[C@@H](C(C)CC)OC(=O)[C@H](C(C)(C)O)N(C)C(=O)C(CC(C)C)CC(=O)[C@H](C(C)C)N(C)C1=O.OB(O)c1ccc2ncccc2c1. The predicted octanol–water partition coefficient (Wildman–Crippen LogP) is 8.68. The Morgan fingerprint density at radius 3 is 1.76 bits per heavy atom. The topological polar surface area (TPSA) is 278 Å². The van der Waals surface area contributed by atoms with Crippen LogP contribution in [0.15, 0.2) is 128 Å². The highest BCUT2D eigenvalue weighted by molar-refractivity contribution is 6.58. The molecule has 0 bridgehead atoms. The van der Waals surface area contributed by atoms with Gasteiger partial charge in [-0.05, 0) is 127 Å². The number of aliphatic hydroxyl groups is 1. The molecule has 21 nitrogen and oxygen atoms in total. The zero-order chi connectivity index (χ0) is 75.2. The van der Waals surface area contributed by atoms with Crippen molar-refractivity contribution in [1.29, 1.82) is 0 Å². The van der Waals surface area contributed by atoms with Crippen LogP contribution in [0.2, 0.25) is 0 Å². The maximum Gasteiger partial charge on any atom is 0.488 e. The van der Waals surface area contributed by atoms with Crippen molar-refractivity contribution < 1.29 is 63.0 Å². The molecule has 22 heteroatoms. The zero-order valence-electron chi connectivity index (χ0n) is 62.4. The van der Waals surface area contributed by atoms with Crippen LogP contribution >= 0.6 is 0 Å². The van der Waals surface area contributed by atoms with Gasteiger partial charge in [0.15, 0.2) is 23.7 Å². The van der Waals surface area contributed by atoms with Crippen molar-refractivity contribution in [3.05, 3.63) is 139 Å². The van der Waals surface area contributed by atoms with Crippen LogP contribution in [0, 0.1) is 41.4 Å². The van der Waals surface area contributed by atoms with E-state index in [0.29, 0.717) is 42.3 Å². The quantitative estimate of drug-likeness (QED) is 0.0553. The first-order valence-electron chi connectivity index (χ1n) is 36.0. The number of cyclic esters (lactones) is 1. The molecular formula is C80H107BN8O13. The lowest BCUT2D eigenvalue weighted by Gasteiger charge is -2.39. The highest BCUT2D eigenvalue weighted by atomic mass is 16.6. The lowest BCUT2D eigenvalue weighted by molar-refractivity contribution is -0.178. The van der Waals surface area contributed by atoms with E-state index in [2.05, 4.69) is 15.3 Å². The number of ketones is 2. The number of carbonyl (C=O) groups is 9. The smallest absolute Gasteiger partial charge is 0.450 e. The van der Waals surface area contributed by atoms with Crippen LogP contribution in [0.3, 0.4) is 0 Å². The summed E-state index contributed by atoms with van der Waals surface area (Å²) in [4.78, 5) is 152. The van der Waals surface area contributed by atoms with Crippen molar-refractivity contribution in [1.82, 2.24) is 39.8 Å². The van der Waals surface area contributed by atoms with Gasteiger partial charge in [-0.25, -0.2) is 4.79 Å². The first-order chi connectivity index (χ1) is 48.2. The number of carbonyl (C=O) groups excluding carboxylic acids is 9. The third-order valence-electron chi connectivity index (χ3n) is 20.4. The number of likely N-dealkylation sites (N-methyl/N-ethyl adjacent to an activating group) is 4. The first-order valence-corrected chi connectivity index (χ1v) is 36.0. The molecular weight excluding hydrogens is 1290 g/mol. The molecule has 2 saturated heterocycles. The van der Waals surface area contributed by atoms with Crippen molar-refractivity contribution in [2.45, 2.75) is 189 Å². The van der Waals surface area contributed by atoms with Gasteiger partial charge in [0.2, 0.25) is 29.5 Å². The van der Waals surface area contributed by atoms with Gasteiger partial charge < -0.3 is 49.7 Å². The van der Waals surface area contributed by atoms with Gasteiger partial charge in [-0.15, -0.1) is 0 Å². The number of pyridine rings is 2. The average molecular weight is 1400 g/mol. The van der Waals surface area contributed by atoms with Crippen molar-refractivity contribution in [2.75, 3.05) is 34.7 Å². The largest absolute Gasteiger partial charge is 0.488 e. The van der Waals surface area contributed by atoms with Gasteiger partial charge in [0, 0.05) is 96.0 Å². The maximum absolute atomic E-state index is 15.8.